The van der Waals surface area contributed by atoms with E-state index in [0.29, 0.717) is 11.4 Å². The molecule has 5 nitrogen and oxygen atoms in total. The molecule has 1 aromatic heterocycles. The van der Waals surface area contributed by atoms with Gasteiger partial charge in [-0.2, -0.15) is 0 Å². The number of pyridine rings is 1. The summed E-state index contributed by atoms with van der Waals surface area (Å²) >= 11 is 0. The zero-order valence-electron chi connectivity index (χ0n) is 11.6. The Morgan fingerprint density at radius 3 is 2.85 bits per heavy atom. The van der Waals surface area contributed by atoms with Crippen molar-refractivity contribution in [2.75, 3.05) is 13.1 Å². The normalized spacial score (nSPS) is 17.1. The molecule has 2 heterocycles. The lowest BCUT2D eigenvalue weighted by molar-refractivity contribution is 0.0928. The Morgan fingerprint density at radius 1 is 1.50 bits per heavy atom. The van der Waals surface area contributed by atoms with Gasteiger partial charge in [-0.3, -0.25) is 4.79 Å². The van der Waals surface area contributed by atoms with Gasteiger partial charge < -0.3 is 15.4 Å². The number of aromatic nitrogens is 1. The lowest BCUT2D eigenvalue weighted by Gasteiger charge is -2.15. The second kappa shape index (κ2) is 9.00. The molecule has 1 aliphatic heterocycles. The van der Waals surface area contributed by atoms with Crippen molar-refractivity contribution in [3.63, 3.8) is 0 Å². The average Bonchev–Trinajstić information content (AvgIpc) is 2.81. The third-order valence-electron chi connectivity index (χ3n) is 2.74. The van der Waals surface area contributed by atoms with Crippen molar-refractivity contribution in [1.82, 2.24) is 15.6 Å². The van der Waals surface area contributed by atoms with Crippen molar-refractivity contribution in [1.29, 1.82) is 0 Å². The fourth-order valence-electron chi connectivity index (χ4n) is 1.94. The second-order valence-corrected chi connectivity index (χ2v) is 4.68. The minimum atomic E-state index is -0.167. The van der Waals surface area contributed by atoms with Gasteiger partial charge in [0.2, 0.25) is 0 Å². The summed E-state index contributed by atoms with van der Waals surface area (Å²) in [4.78, 5) is 16.2. The largest absolute Gasteiger partial charge is 0.489 e. The van der Waals surface area contributed by atoms with Gasteiger partial charge in [0.15, 0.2) is 11.4 Å². The molecule has 0 aromatic carbocycles. The van der Waals surface area contributed by atoms with E-state index in [1.165, 1.54) is 0 Å². The van der Waals surface area contributed by atoms with E-state index in [4.69, 9.17) is 4.74 Å². The van der Waals surface area contributed by atoms with E-state index < -0.39 is 0 Å². The monoisotopic (exact) mass is 321 g/mol. The number of ether oxygens (including phenoxy) is 1. The molecule has 0 saturated carbocycles. The zero-order chi connectivity index (χ0) is 13.0. The van der Waals surface area contributed by atoms with Crippen LogP contribution in [0.1, 0.15) is 30.8 Å². The molecule has 1 unspecified atom stereocenters. The summed E-state index contributed by atoms with van der Waals surface area (Å²) in [5, 5.41) is 6.17. The van der Waals surface area contributed by atoms with Crippen LogP contribution in [0.15, 0.2) is 18.3 Å². The van der Waals surface area contributed by atoms with E-state index in [-0.39, 0.29) is 42.9 Å². The maximum absolute atomic E-state index is 12.1. The first-order valence-electron chi connectivity index (χ1n) is 6.30. The lowest BCUT2D eigenvalue weighted by atomic mass is 10.2. The quantitative estimate of drug-likeness (QED) is 0.887. The Balaban J connectivity index is 0.00000180. The molecule has 7 heteroatoms. The number of nitrogens with one attached hydrogen (secondary N) is 2. The van der Waals surface area contributed by atoms with Crippen LogP contribution >= 0.6 is 24.8 Å². The third kappa shape index (κ3) is 5.15. The van der Waals surface area contributed by atoms with E-state index in [1.54, 1.807) is 18.3 Å². The average molecular weight is 322 g/mol. The first kappa shape index (κ1) is 19.0. The highest BCUT2D eigenvalue weighted by molar-refractivity contribution is 5.95. The van der Waals surface area contributed by atoms with E-state index in [9.17, 15) is 4.79 Å². The topological polar surface area (TPSA) is 63.2 Å². The van der Waals surface area contributed by atoms with Gasteiger partial charge in [0.25, 0.3) is 5.91 Å². The Kier molecular flexibility index (Phi) is 8.53. The molecule has 0 spiro atoms. The van der Waals surface area contributed by atoms with E-state index >= 15 is 0 Å². The molecule has 1 amide bonds. The zero-order valence-corrected chi connectivity index (χ0v) is 13.2. The molecule has 0 bridgehead atoms. The maximum atomic E-state index is 12.1. The van der Waals surface area contributed by atoms with Crippen LogP contribution in [0.25, 0.3) is 0 Å². The number of hydrogen-bond donors (Lipinski definition) is 2. The van der Waals surface area contributed by atoms with Crippen LogP contribution < -0.4 is 15.4 Å². The van der Waals surface area contributed by atoms with E-state index in [2.05, 4.69) is 15.6 Å². The number of carbonyl (C=O) groups excluding carboxylic acids is 1. The SMILES string of the molecule is CC(C)Oc1cccnc1C(=O)NC1CCNC1.Cl.Cl. The molecule has 1 aliphatic rings. The minimum Gasteiger partial charge on any atom is -0.489 e. The first-order chi connectivity index (χ1) is 8.66. The molecule has 20 heavy (non-hydrogen) atoms. The molecule has 0 aliphatic carbocycles. The Hall–Kier alpha value is -1.04. The summed E-state index contributed by atoms with van der Waals surface area (Å²) in [6.07, 6.45) is 2.59. The summed E-state index contributed by atoms with van der Waals surface area (Å²) in [7, 11) is 0. The highest BCUT2D eigenvalue weighted by Crippen LogP contribution is 2.17. The molecule has 1 atom stereocenters. The van der Waals surface area contributed by atoms with Crippen LogP contribution in [0.5, 0.6) is 5.75 Å². The number of amides is 1. The predicted octanol–water partition coefficient (Wildman–Crippen LogP) is 1.80. The van der Waals surface area contributed by atoms with Crippen LogP contribution in [-0.2, 0) is 0 Å². The van der Waals surface area contributed by atoms with Crippen LogP contribution in [0, 0.1) is 0 Å². The molecule has 2 N–H and O–H groups in total. The van der Waals surface area contributed by atoms with Crippen molar-refractivity contribution in [3.8, 4) is 5.75 Å². The van der Waals surface area contributed by atoms with Crippen molar-refractivity contribution in [2.45, 2.75) is 32.4 Å². The van der Waals surface area contributed by atoms with E-state index in [1.807, 2.05) is 13.8 Å². The van der Waals surface area contributed by atoms with Gasteiger partial charge in [0.1, 0.15) is 0 Å². The van der Waals surface area contributed by atoms with Gasteiger partial charge in [-0.25, -0.2) is 4.98 Å². The lowest BCUT2D eigenvalue weighted by Crippen LogP contribution is -2.36. The summed E-state index contributed by atoms with van der Waals surface area (Å²) in [5.74, 6) is 0.371. The standard InChI is InChI=1S/C13H19N3O2.2ClH/c1-9(2)18-11-4-3-6-15-12(11)13(17)16-10-5-7-14-8-10;;/h3-4,6,9-10,14H,5,7-8H2,1-2H3,(H,16,17);2*1H. The number of halogens is 2. The fraction of sp³-hybridized carbons (Fsp3) is 0.538. The minimum absolute atomic E-state index is 0. The Labute approximate surface area is 131 Å². The molecular formula is C13H21Cl2N3O2. The molecule has 1 aromatic rings. The van der Waals surface area contributed by atoms with Gasteiger partial charge >= 0.3 is 0 Å². The molecule has 114 valence electrons. The molecule has 1 saturated heterocycles. The molecule has 0 radical (unpaired) electrons. The van der Waals surface area contributed by atoms with Gasteiger partial charge in [0.05, 0.1) is 6.10 Å². The summed E-state index contributed by atoms with van der Waals surface area (Å²) < 4.78 is 5.59. The van der Waals surface area contributed by atoms with Crippen LogP contribution in [-0.4, -0.2) is 36.1 Å². The Morgan fingerprint density at radius 2 is 2.25 bits per heavy atom. The van der Waals surface area contributed by atoms with Crippen LogP contribution in [0.4, 0.5) is 0 Å². The van der Waals surface area contributed by atoms with E-state index in [0.717, 1.165) is 19.5 Å². The van der Waals surface area contributed by atoms with Crippen LogP contribution in [0.3, 0.4) is 0 Å². The van der Waals surface area contributed by atoms with Crippen LogP contribution in [0.2, 0.25) is 0 Å². The highest BCUT2D eigenvalue weighted by Gasteiger charge is 2.20. The molecular weight excluding hydrogens is 301 g/mol. The number of hydrogen-bond acceptors (Lipinski definition) is 4. The van der Waals surface area contributed by atoms with Crippen molar-refractivity contribution in [2.24, 2.45) is 0 Å². The number of nitrogens with zero attached hydrogens (tertiary/aromatic N) is 1. The summed E-state index contributed by atoms with van der Waals surface area (Å²) in [6.45, 7) is 5.62. The van der Waals surface area contributed by atoms with Gasteiger partial charge in [0, 0.05) is 18.8 Å². The van der Waals surface area contributed by atoms with Crippen molar-refractivity contribution < 1.29 is 9.53 Å². The summed E-state index contributed by atoms with van der Waals surface area (Å²) in [6, 6.07) is 3.73. The van der Waals surface area contributed by atoms with Gasteiger partial charge in [-0.1, -0.05) is 0 Å². The van der Waals surface area contributed by atoms with Gasteiger partial charge in [-0.15, -0.1) is 24.8 Å². The predicted molar refractivity (Wildman–Crippen MR) is 83.2 cm³/mol. The van der Waals surface area contributed by atoms with Gasteiger partial charge in [-0.05, 0) is 38.9 Å². The highest BCUT2D eigenvalue weighted by atomic mass is 35.5. The number of rotatable bonds is 4. The number of carbonyl (C=O) groups is 1. The Bertz CT molecular complexity index is 424. The second-order valence-electron chi connectivity index (χ2n) is 4.68. The third-order valence-corrected chi connectivity index (χ3v) is 2.74. The first-order valence-corrected chi connectivity index (χ1v) is 6.30. The molecule has 2 rings (SSSR count). The maximum Gasteiger partial charge on any atom is 0.274 e. The van der Waals surface area contributed by atoms with Crippen molar-refractivity contribution in [3.05, 3.63) is 24.0 Å². The molecule has 1 fully saturated rings. The smallest absolute Gasteiger partial charge is 0.274 e. The fourth-order valence-corrected chi connectivity index (χ4v) is 1.94. The van der Waals surface area contributed by atoms with Crippen molar-refractivity contribution >= 4 is 30.7 Å². The summed E-state index contributed by atoms with van der Waals surface area (Å²) in [5.41, 5.74) is 0.359.